The van der Waals surface area contributed by atoms with Crippen molar-refractivity contribution >= 4 is 17.2 Å². The Morgan fingerprint density at radius 3 is 2.63 bits per heavy atom. The Morgan fingerprint density at radius 1 is 1.07 bits per heavy atom. The fourth-order valence-corrected chi connectivity index (χ4v) is 3.63. The maximum Gasteiger partial charge on any atom is 0.254 e. The third-order valence-electron chi connectivity index (χ3n) is 4.44. The summed E-state index contributed by atoms with van der Waals surface area (Å²) in [7, 11) is 3.25. The van der Waals surface area contributed by atoms with E-state index < -0.39 is 0 Å². The molecule has 0 fully saturated rings. The highest BCUT2D eigenvalue weighted by atomic mass is 32.1. The molecule has 3 aromatic rings. The molecule has 7 heteroatoms. The Kier molecular flexibility index (Phi) is 8.23. The topological polar surface area (TPSA) is 60.9 Å². The number of methoxy groups -OCH3 is 2. The second kappa shape index (κ2) is 11.3. The highest BCUT2D eigenvalue weighted by Gasteiger charge is 2.18. The summed E-state index contributed by atoms with van der Waals surface area (Å²) in [5.41, 5.74) is 1.44. The molecule has 3 rings (SSSR count). The van der Waals surface area contributed by atoms with Crippen molar-refractivity contribution in [1.29, 1.82) is 0 Å². The maximum absolute atomic E-state index is 13.1. The molecule has 0 N–H and O–H groups in total. The Labute approximate surface area is 181 Å². The fraction of sp³-hybridized carbons (Fsp3) is 0.304. The Bertz CT molecular complexity index is 930. The molecule has 1 aromatic heterocycles. The average molecular weight is 427 g/mol. The first-order chi connectivity index (χ1) is 14.7. The summed E-state index contributed by atoms with van der Waals surface area (Å²) in [5.74, 6) is 1.41. The molecule has 1 amide bonds. The Hall–Kier alpha value is -2.90. The molecular formula is C23H26N2O4S. The number of carbonyl (C=O) groups is 1. The van der Waals surface area contributed by atoms with Gasteiger partial charge in [-0.05, 0) is 36.8 Å². The van der Waals surface area contributed by atoms with Crippen LogP contribution in [0.3, 0.4) is 0 Å². The number of aromatic nitrogens is 1. The minimum Gasteiger partial charge on any atom is -0.497 e. The SMILES string of the molecule is COCCCN(Cc1csc(COc2ccccc2)n1)C(=O)c1cccc(OC)c1. The van der Waals surface area contributed by atoms with Gasteiger partial charge in [0.25, 0.3) is 5.91 Å². The lowest BCUT2D eigenvalue weighted by atomic mass is 10.1. The van der Waals surface area contributed by atoms with E-state index in [1.165, 1.54) is 11.3 Å². The molecule has 0 aliphatic heterocycles. The predicted octanol–water partition coefficient (Wildman–Crippen LogP) is 4.41. The van der Waals surface area contributed by atoms with Crippen LogP contribution in [0, 0.1) is 0 Å². The monoisotopic (exact) mass is 426 g/mol. The highest BCUT2D eigenvalue weighted by molar-refractivity contribution is 7.09. The zero-order valence-electron chi connectivity index (χ0n) is 17.2. The molecule has 30 heavy (non-hydrogen) atoms. The van der Waals surface area contributed by atoms with E-state index in [4.69, 9.17) is 14.2 Å². The number of amides is 1. The zero-order chi connectivity index (χ0) is 21.2. The number of benzene rings is 2. The van der Waals surface area contributed by atoms with E-state index in [9.17, 15) is 4.79 Å². The zero-order valence-corrected chi connectivity index (χ0v) is 18.1. The quantitative estimate of drug-likeness (QED) is 0.425. The lowest BCUT2D eigenvalue weighted by molar-refractivity contribution is 0.0721. The number of rotatable bonds is 11. The van der Waals surface area contributed by atoms with Crippen LogP contribution in [-0.4, -0.2) is 43.2 Å². The highest BCUT2D eigenvalue weighted by Crippen LogP contribution is 2.19. The lowest BCUT2D eigenvalue weighted by Gasteiger charge is -2.22. The van der Waals surface area contributed by atoms with Crippen molar-refractivity contribution in [1.82, 2.24) is 9.88 Å². The first kappa shape index (κ1) is 21.8. The summed E-state index contributed by atoms with van der Waals surface area (Å²) < 4.78 is 16.2. The second-order valence-corrected chi connectivity index (χ2v) is 7.58. The van der Waals surface area contributed by atoms with Gasteiger partial charge in [-0.3, -0.25) is 4.79 Å². The standard InChI is InChI=1S/C23H26N2O4S/c1-27-13-7-12-25(23(26)18-8-6-11-21(14-18)28-2)15-19-17-30-22(24-19)16-29-20-9-4-3-5-10-20/h3-6,8-11,14,17H,7,12-13,15-16H2,1-2H3. The molecule has 0 spiro atoms. The lowest BCUT2D eigenvalue weighted by Crippen LogP contribution is -2.32. The van der Waals surface area contributed by atoms with Crippen LogP contribution >= 0.6 is 11.3 Å². The molecule has 6 nitrogen and oxygen atoms in total. The summed E-state index contributed by atoms with van der Waals surface area (Å²) in [6.45, 7) is 2.01. The number of thiazole rings is 1. The molecule has 0 aliphatic rings. The van der Waals surface area contributed by atoms with E-state index in [1.54, 1.807) is 31.3 Å². The molecule has 2 aromatic carbocycles. The van der Waals surface area contributed by atoms with E-state index in [-0.39, 0.29) is 5.91 Å². The number of para-hydroxylation sites is 1. The normalized spacial score (nSPS) is 10.6. The van der Waals surface area contributed by atoms with E-state index in [0.29, 0.717) is 37.6 Å². The van der Waals surface area contributed by atoms with Gasteiger partial charge in [0.15, 0.2) is 0 Å². The minimum absolute atomic E-state index is 0.0555. The molecule has 158 valence electrons. The first-order valence-electron chi connectivity index (χ1n) is 9.73. The minimum atomic E-state index is -0.0555. The van der Waals surface area contributed by atoms with Gasteiger partial charge in [0.2, 0.25) is 0 Å². The molecule has 0 radical (unpaired) electrons. The molecule has 0 atom stereocenters. The summed E-state index contributed by atoms with van der Waals surface area (Å²) in [6, 6.07) is 16.9. The van der Waals surface area contributed by atoms with Crippen molar-refractivity contribution in [3.63, 3.8) is 0 Å². The average Bonchev–Trinajstić information content (AvgIpc) is 3.25. The van der Waals surface area contributed by atoms with Crippen molar-refractivity contribution in [2.24, 2.45) is 0 Å². The molecular weight excluding hydrogens is 400 g/mol. The summed E-state index contributed by atoms with van der Waals surface area (Å²) in [4.78, 5) is 19.6. The van der Waals surface area contributed by atoms with Crippen LogP contribution in [0.4, 0.5) is 0 Å². The van der Waals surface area contributed by atoms with Gasteiger partial charge in [-0.2, -0.15) is 0 Å². The van der Waals surface area contributed by atoms with Crippen LogP contribution in [0.2, 0.25) is 0 Å². The van der Waals surface area contributed by atoms with Gasteiger partial charge in [0.05, 0.1) is 19.3 Å². The van der Waals surface area contributed by atoms with Crippen LogP contribution < -0.4 is 9.47 Å². The summed E-state index contributed by atoms with van der Waals surface area (Å²) in [5, 5.41) is 2.85. The van der Waals surface area contributed by atoms with Crippen LogP contribution in [0.1, 0.15) is 27.5 Å². The number of ether oxygens (including phenoxy) is 3. The van der Waals surface area contributed by atoms with Crippen LogP contribution in [-0.2, 0) is 17.9 Å². The van der Waals surface area contributed by atoms with Gasteiger partial charge < -0.3 is 19.1 Å². The molecule has 0 bridgehead atoms. The van der Waals surface area contributed by atoms with Gasteiger partial charge in [-0.1, -0.05) is 24.3 Å². The molecule has 0 saturated carbocycles. The van der Waals surface area contributed by atoms with Crippen molar-refractivity contribution in [3.8, 4) is 11.5 Å². The number of carbonyl (C=O) groups excluding carboxylic acids is 1. The summed E-state index contributed by atoms with van der Waals surface area (Å²) in [6.07, 6.45) is 0.750. The maximum atomic E-state index is 13.1. The van der Waals surface area contributed by atoms with Crippen molar-refractivity contribution in [2.75, 3.05) is 27.4 Å². The van der Waals surface area contributed by atoms with Gasteiger partial charge >= 0.3 is 0 Å². The molecule has 1 heterocycles. The van der Waals surface area contributed by atoms with Crippen molar-refractivity contribution < 1.29 is 19.0 Å². The fourth-order valence-electron chi connectivity index (χ4n) is 2.94. The van der Waals surface area contributed by atoms with Crippen molar-refractivity contribution in [3.05, 3.63) is 76.2 Å². The number of nitrogens with zero attached hydrogens (tertiary/aromatic N) is 2. The number of hydrogen-bond donors (Lipinski definition) is 0. The van der Waals surface area contributed by atoms with Gasteiger partial charge in [-0.15, -0.1) is 11.3 Å². The van der Waals surface area contributed by atoms with Crippen molar-refractivity contribution in [2.45, 2.75) is 19.6 Å². The molecule has 0 saturated heterocycles. The third kappa shape index (κ3) is 6.30. The largest absolute Gasteiger partial charge is 0.497 e. The van der Waals surface area contributed by atoms with Gasteiger partial charge in [0.1, 0.15) is 23.1 Å². The van der Waals surface area contributed by atoms with Gasteiger partial charge in [0, 0.05) is 31.2 Å². The van der Waals surface area contributed by atoms with Crippen LogP contribution in [0.25, 0.3) is 0 Å². The van der Waals surface area contributed by atoms with E-state index in [1.807, 2.05) is 47.8 Å². The molecule has 0 aliphatic carbocycles. The Morgan fingerprint density at radius 2 is 1.87 bits per heavy atom. The van der Waals surface area contributed by atoms with E-state index >= 15 is 0 Å². The van der Waals surface area contributed by atoms with E-state index in [0.717, 1.165) is 22.9 Å². The third-order valence-corrected chi connectivity index (χ3v) is 5.31. The first-order valence-corrected chi connectivity index (χ1v) is 10.6. The summed E-state index contributed by atoms with van der Waals surface area (Å²) >= 11 is 1.53. The number of hydrogen-bond acceptors (Lipinski definition) is 6. The van der Waals surface area contributed by atoms with E-state index in [2.05, 4.69) is 4.98 Å². The Balaban J connectivity index is 1.66. The van der Waals surface area contributed by atoms with Crippen LogP contribution in [0.15, 0.2) is 60.0 Å². The predicted molar refractivity (Wildman–Crippen MR) is 117 cm³/mol. The van der Waals surface area contributed by atoms with Crippen LogP contribution in [0.5, 0.6) is 11.5 Å². The van der Waals surface area contributed by atoms with Gasteiger partial charge in [-0.25, -0.2) is 4.98 Å². The molecule has 0 unspecified atom stereocenters. The second-order valence-electron chi connectivity index (χ2n) is 6.64. The smallest absolute Gasteiger partial charge is 0.254 e.